The van der Waals surface area contributed by atoms with E-state index >= 15 is 0 Å². The Labute approximate surface area is 150 Å². The van der Waals surface area contributed by atoms with E-state index in [1.807, 2.05) is 35.2 Å². The number of likely N-dealkylation sites (tertiary alicyclic amines) is 1. The Hall–Kier alpha value is -2.41. The molecule has 3 heterocycles. The van der Waals surface area contributed by atoms with Crippen molar-refractivity contribution in [2.75, 3.05) is 13.1 Å². The zero-order valence-electron chi connectivity index (χ0n) is 13.8. The molecule has 0 N–H and O–H groups in total. The highest BCUT2D eigenvalue weighted by Crippen LogP contribution is 2.29. The van der Waals surface area contributed by atoms with Crippen LogP contribution in [0.5, 0.6) is 0 Å². The summed E-state index contributed by atoms with van der Waals surface area (Å²) in [4.78, 5) is 33.4. The summed E-state index contributed by atoms with van der Waals surface area (Å²) in [6, 6.07) is 9.67. The average molecular weight is 357 g/mol. The molecule has 7 heteroatoms. The number of carbonyl (C=O) groups excluding carboxylic acids is 2. The first kappa shape index (κ1) is 16.1. The van der Waals surface area contributed by atoms with E-state index in [1.54, 1.807) is 10.4 Å². The molecule has 1 aromatic carbocycles. The zero-order chi connectivity index (χ0) is 17.2. The van der Waals surface area contributed by atoms with Gasteiger partial charge in [-0.25, -0.2) is 9.78 Å². The fraction of sp³-hybridized carbons (Fsp3) is 0.389. The van der Waals surface area contributed by atoms with Crippen LogP contribution in [-0.4, -0.2) is 45.9 Å². The summed E-state index contributed by atoms with van der Waals surface area (Å²) < 4.78 is 5.43. The summed E-state index contributed by atoms with van der Waals surface area (Å²) in [6.45, 7) is 2.01. The normalized spacial score (nSPS) is 19.8. The van der Waals surface area contributed by atoms with Crippen LogP contribution in [0.1, 0.15) is 33.8 Å². The SMILES string of the molecule is O=C(OCc1ccccc1)N1CCC[C@H](N2Cc3ncsc3C2=O)C1. The Morgan fingerprint density at radius 2 is 2.16 bits per heavy atom. The molecule has 2 aromatic rings. The van der Waals surface area contributed by atoms with Gasteiger partial charge >= 0.3 is 6.09 Å². The van der Waals surface area contributed by atoms with Crippen molar-refractivity contribution >= 4 is 23.3 Å². The van der Waals surface area contributed by atoms with Gasteiger partial charge in [-0.3, -0.25) is 4.79 Å². The number of rotatable bonds is 3. The number of thiazole rings is 1. The van der Waals surface area contributed by atoms with E-state index < -0.39 is 0 Å². The quantitative estimate of drug-likeness (QED) is 0.847. The summed E-state index contributed by atoms with van der Waals surface area (Å²) in [7, 11) is 0. The summed E-state index contributed by atoms with van der Waals surface area (Å²) in [5.74, 6) is 0.0435. The number of fused-ring (bicyclic) bond motifs is 1. The van der Waals surface area contributed by atoms with E-state index in [1.165, 1.54) is 11.3 Å². The Bertz CT molecular complexity index is 777. The molecule has 2 aliphatic heterocycles. The molecule has 0 saturated carbocycles. The van der Waals surface area contributed by atoms with Gasteiger partial charge in [0.15, 0.2) is 0 Å². The topological polar surface area (TPSA) is 62.7 Å². The van der Waals surface area contributed by atoms with Gasteiger partial charge in [0.1, 0.15) is 11.5 Å². The van der Waals surface area contributed by atoms with E-state index in [9.17, 15) is 9.59 Å². The van der Waals surface area contributed by atoms with E-state index in [2.05, 4.69) is 4.98 Å². The van der Waals surface area contributed by atoms with Crippen molar-refractivity contribution in [3.05, 3.63) is 52.0 Å². The second-order valence-electron chi connectivity index (χ2n) is 6.34. The maximum atomic E-state index is 12.5. The Kier molecular flexibility index (Phi) is 4.40. The highest BCUT2D eigenvalue weighted by molar-refractivity contribution is 7.12. The minimum absolute atomic E-state index is 0.0342. The highest BCUT2D eigenvalue weighted by Gasteiger charge is 2.37. The monoisotopic (exact) mass is 357 g/mol. The third-order valence-electron chi connectivity index (χ3n) is 4.72. The number of ether oxygens (including phenoxy) is 1. The van der Waals surface area contributed by atoms with Gasteiger partial charge in [0, 0.05) is 13.1 Å². The molecule has 1 fully saturated rings. The van der Waals surface area contributed by atoms with Crippen molar-refractivity contribution in [3.63, 3.8) is 0 Å². The van der Waals surface area contributed by atoms with Crippen molar-refractivity contribution in [2.24, 2.45) is 0 Å². The summed E-state index contributed by atoms with van der Waals surface area (Å²) >= 11 is 1.39. The van der Waals surface area contributed by atoms with Gasteiger partial charge < -0.3 is 14.5 Å². The second kappa shape index (κ2) is 6.84. The molecule has 2 aliphatic rings. The first-order valence-electron chi connectivity index (χ1n) is 8.41. The number of carbonyl (C=O) groups is 2. The minimum atomic E-state index is -0.312. The second-order valence-corrected chi connectivity index (χ2v) is 7.20. The molecule has 130 valence electrons. The predicted molar refractivity (Wildman–Crippen MR) is 93.2 cm³/mol. The molecule has 4 rings (SSSR count). The van der Waals surface area contributed by atoms with Crippen LogP contribution in [0, 0.1) is 0 Å². The maximum Gasteiger partial charge on any atom is 0.410 e. The average Bonchev–Trinajstić information content (AvgIpc) is 3.24. The van der Waals surface area contributed by atoms with E-state index in [0.717, 1.165) is 29.0 Å². The first-order valence-corrected chi connectivity index (χ1v) is 9.29. The van der Waals surface area contributed by atoms with Crippen molar-refractivity contribution < 1.29 is 14.3 Å². The third-order valence-corrected chi connectivity index (χ3v) is 5.57. The third kappa shape index (κ3) is 3.24. The minimum Gasteiger partial charge on any atom is -0.445 e. The van der Waals surface area contributed by atoms with Crippen molar-refractivity contribution in [2.45, 2.75) is 32.0 Å². The van der Waals surface area contributed by atoms with Crippen LogP contribution in [0.25, 0.3) is 0 Å². The van der Waals surface area contributed by atoms with Crippen molar-refractivity contribution in [1.82, 2.24) is 14.8 Å². The van der Waals surface area contributed by atoms with Gasteiger partial charge in [0.25, 0.3) is 5.91 Å². The number of hydrogen-bond donors (Lipinski definition) is 0. The van der Waals surface area contributed by atoms with Gasteiger partial charge in [-0.2, -0.15) is 0 Å². The lowest BCUT2D eigenvalue weighted by Crippen LogP contribution is -2.50. The molecular formula is C18H19N3O3S. The van der Waals surface area contributed by atoms with Gasteiger partial charge in [-0.05, 0) is 18.4 Å². The first-order chi connectivity index (χ1) is 12.2. The van der Waals surface area contributed by atoms with Crippen LogP contribution < -0.4 is 0 Å². The lowest BCUT2D eigenvalue weighted by Gasteiger charge is -2.36. The Morgan fingerprint density at radius 1 is 1.32 bits per heavy atom. The Morgan fingerprint density at radius 3 is 2.96 bits per heavy atom. The molecule has 1 aromatic heterocycles. The molecule has 0 aliphatic carbocycles. The van der Waals surface area contributed by atoms with Crippen LogP contribution >= 0.6 is 11.3 Å². The van der Waals surface area contributed by atoms with Gasteiger partial charge in [0.2, 0.25) is 0 Å². The molecule has 6 nitrogen and oxygen atoms in total. The number of amides is 2. The maximum absolute atomic E-state index is 12.5. The van der Waals surface area contributed by atoms with Crippen LogP contribution in [0.4, 0.5) is 4.79 Å². The predicted octanol–water partition coefficient (Wildman–Crippen LogP) is 2.90. The molecule has 0 bridgehead atoms. The molecular weight excluding hydrogens is 338 g/mol. The van der Waals surface area contributed by atoms with Crippen LogP contribution in [0.2, 0.25) is 0 Å². The smallest absolute Gasteiger partial charge is 0.410 e. The highest BCUT2D eigenvalue weighted by atomic mass is 32.1. The number of nitrogens with zero attached hydrogens (tertiary/aromatic N) is 3. The largest absolute Gasteiger partial charge is 0.445 e. The summed E-state index contributed by atoms with van der Waals surface area (Å²) in [5.41, 5.74) is 3.54. The molecule has 0 radical (unpaired) electrons. The molecule has 25 heavy (non-hydrogen) atoms. The molecule has 2 amide bonds. The molecule has 1 atom stereocenters. The standard InChI is InChI=1S/C18H19N3O3S/c22-17-16-15(19-12-25-16)10-21(17)14-7-4-8-20(9-14)18(23)24-11-13-5-2-1-3-6-13/h1-3,5-6,12,14H,4,7-11H2/t14-/m0/s1. The van der Waals surface area contributed by atoms with Crippen LogP contribution in [-0.2, 0) is 17.9 Å². The number of benzene rings is 1. The van der Waals surface area contributed by atoms with E-state index in [-0.39, 0.29) is 24.6 Å². The van der Waals surface area contributed by atoms with Gasteiger partial charge in [0.05, 0.1) is 23.8 Å². The Balaban J connectivity index is 1.35. The molecule has 0 spiro atoms. The fourth-order valence-corrected chi connectivity index (χ4v) is 4.16. The number of hydrogen-bond acceptors (Lipinski definition) is 5. The van der Waals surface area contributed by atoms with Crippen molar-refractivity contribution in [1.29, 1.82) is 0 Å². The van der Waals surface area contributed by atoms with Gasteiger partial charge in [-0.1, -0.05) is 30.3 Å². The number of aromatic nitrogens is 1. The lowest BCUT2D eigenvalue weighted by atomic mass is 10.0. The molecule has 0 unspecified atom stereocenters. The van der Waals surface area contributed by atoms with E-state index in [0.29, 0.717) is 19.6 Å². The van der Waals surface area contributed by atoms with E-state index in [4.69, 9.17) is 4.74 Å². The van der Waals surface area contributed by atoms with Crippen LogP contribution in [0.3, 0.4) is 0 Å². The fourth-order valence-electron chi connectivity index (χ4n) is 3.40. The molecule has 1 saturated heterocycles. The lowest BCUT2D eigenvalue weighted by molar-refractivity contribution is 0.0481. The number of piperidine rings is 1. The summed E-state index contributed by atoms with van der Waals surface area (Å²) in [6.07, 6.45) is 1.46. The summed E-state index contributed by atoms with van der Waals surface area (Å²) in [5, 5.41) is 0. The zero-order valence-corrected chi connectivity index (χ0v) is 14.6. The van der Waals surface area contributed by atoms with Crippen molar-refractivity contribution in [3.8, 4) is 0 Å². The van der Waals surface area contributed by atoms with Crippen LogP contribution in [0.15, 0.2) is 35.8 Å². The van der Waals surface area contributed by atoms with Gasteiger partial charge in [-0.15, -0.1) is 11.3 Å².